The highest BCUT2D eigenvalue weighted by Crippen LogP contribution is 2.30. The zero-order valence-corrected chi connectivity index (χ0v) is 16.2. The second kappa shape index (κ2) is 7.44. The van der Waals surface area contributed by atoms with Gasteiger partial charge in [0.15, 0.2) is 0 Å². The Morgan fingerprint density at radius 1 is 1.19 bits per heavy atom. The van der Waals surface area contributed by atoms with Crippen molar-refractivity contribution in [1.82, 2.24) is 20.1 Å². The summed E-state index contributed by atoms with van der Waals surface area (Å²) in [5.41, 5.74) is 1.75. The molecule has 144 valence electrons. The summed E-state index contributed by atoms with van der Waals surface area (Å²) in [5, 5.41) is 4.15. The molecule has 1 amide bonds. The molecule has 2 aliphatic heterocycles. The van der Waals surface area contributed by atoms with Crippen molar-refractivity contribution < 1.29 is 9.53 Å². The van der Waals surface area contributed by atoms with Crippen molar-refractivity contribution in [2.75, 3.05) is 39.8 Å². The fourth-order valence-electron chi connectivity index (χ4n) is 4.30. The lowest BCUT2D eigenvalue weighted by Crippen LogP contribution is -2.66. The molecule has 6 heteroatoms. The summed E-state index contributed by atoms with van der Waals surface area (Å²) >= 11 is 0. The van der Waals surface area contributed by atoms with Crippen LogP contribution in [0, 0.1) is 0 Å². The summed E-state index contributed by atoms with van der Waals surface area (Å²) in [7, 11) is 2.08. The maximum atomic E-state index is 12.5. The number of carbonyl (C=O) groups excluding carboxylic acids is 1. The van der Waals surface area contributed by atoms with Crippen LogP contribution in [0.5, 0.6) is 5.75 Å². The van der Waals surface area contributed by atoms with Crippen LogP contribution < -0.4 is 10.1 Å². The number of rotatable bonds is 4. The molecule has 2 aliphatic rings. The molecule has 27 heavy (non-hydrogen) atoms. The minimum absolute atomic E-state index is 0.199. The molecule has 1 spiro atoms. The van der Waals surface area contributed by atoms with Gasteiger partial charge in [0, 0.05) is 38.1 Å². The molecule has 0 bridgehead atoms. The van der Waals surface area contributed by atoms with Gasteiger partial charge in [0.2, 0.25) is 5.91 Å². The summed E-state index contributed by atoms with van der Waals surface area (Å²) in [4.78, 5) is 21.9. The number of pyridine rings is 1. The Balaban J connectivity index is 1.43. The van der Waals surface area contributed by atoms with Crippen LogP contribution in [0.15, 0.2) is 30.3 Å². The minimum atomic E-state index is -0.318. The number of likely N-dealkylation sites (tertiary alicyclic amines) is 1. The monoisotopic (exact) mass is 368 g/mol. The van der Waals surface area contributed by atoms with Gasteiger partial charge in [-0.2, -0.15) is 0 Å². The quantitative estimate of drug-likeness (QED) is 0.895. The Hall–Kier alpha value is -2.18. The number of piperidine rings is 1. The Bertz CT molecular complexity index is 830. The summed E-state index contributed by atoms with van der Waals surface area (Å²) in [6.07, 6.45) is 1.75. The lowest BCUT2D eigenvalue weighted by atomic mass is 9.83. The van der Waals surface area contributed by atoms with Crippen LogP contribution in [-0.2, 0) is 11.3 Å². The molecule has 0 atom stereocenters. The molecule has 1 N–H and O–H groups in total. The van der Waals surface area contributed by atoms with Crippen LogP contribution in [-0.4, -0.2) is 66.1 Å². The molecule has 2 fully saturated rings. The number of piperazine rings is 1. The third kappa shape index (κ3) is 3.51. The fourth-order valence-corrected chi connectivity index (χ4v) is 4.30. The van der Waals surface area contributed by atoms with Crippen molar-refractivity contribution in [3.63, 3.8) is 0 Å². The number of nitrogens with one attached hydrogen (secondary N) is 1. The highest BCUT2D eigenvalue weighted by atomic mass is 16.5. The normalized spacial score (nSPS) is 20.7. The lowest BCUT2D eigenvalue weighted by Gasteiger charge is -2.48. The average molecular weight is 368 g/mol. The number of carbonyl (C=O) groups is 1. The largest absolute Gasteiger partial charge is 0.494 e. The van der Waals surface area contributed by atoms with Crippen LogP contribution in [0.2, 0.25) is 0 Å². The van der Waals surface area contributed by atoms with Gasteiger partial charge in [0.05, 0.1) is 17.8 Å². The molecule has 0 saturated carbocycles. The first-order valence-corrected chi connectivity index (χ1v) is 9.85. The van der Waals surface area contributed by atoms with E-state index < -0.39 is 0 Å². The zero-order valence-electron chi connectivity index (χ0n) is 16.2. The number of hydrogen-bond acceptors (Lipinski definition) is 5. The number of aromatic nitrogens is 1. The molecule has 3 heterocycles. The second-order valence-electron chi connectivity index (χ2n) is 7.58. The molecule has 2 saturated heterocycles. The molecule has 0 aliphatic carbocycles. The number of benzene rings is 1. The van der Waals surface area contributed by atoms with Gasteiger partial charge in [-0.3, -0.25) is 19.6 Å². The number of likely N-dealkylation sites (N-methyl/N-ethyl adjacent to an activating group) is 1. The van der Waals surface area contributed by atoms with E-state index in [1.807, 2.05) is 25.1 Å². The molecular formula is C21H28N4O2. The first-order valence-electron chi connectivity index (χ1n) is 9.85. The van der Waals surface area contributed by atoms with E-state index >= 15 is 0 Å². The van der Waals surface area contributed by atoms with Gasteiger partial charge in [-0.15, -0.1) is 0 Å². The zero-order chi connectivity index (χ0) is 18.9. The van der Waals surface area contributed by atoms with E-state index in [2.05, 4.69) is 34.3 Å². The first kappa shape index (κ1) is 18.2. The van der Waals surface area contributed by atoms with Gasteiger partial charge in [-0.05, 0) is 51.1 Å². The maximum absolute atomic E-state index is 12.5. The molecule has 6 nitrogen and oxygen atoms in total. The van der Waals surface area contributed by atoms with Crippen molar-refractivity contribution in [2.45, 2.75) is 31.8 Å². The van der Waals surface area contributed by atoms with Crippen LogP contribution in [0.4, 0.5) is 0 Å². The molecule has 4 rings (SSSR count). The molecule has 0 radical (unpaired) electrons. The Morgan fingerprint density at radius 2 is 2.00 bits per heavy atom. The summed E-state index contributed by atoms with van der Waals surface area (Å²) in [5.74, 6) is 1.08. The van der Waals surface area contributed by atoms with Crippen molar-refractivity contribution >= 4 is 16.8 Å². The van der Waals surface area contributed by atoms with Crippen LogP contribution in [0.3, 0.4) is 0 Å². The number of fused-ring (bicyclic) bond motifs is 1. The van der Waals surface area contributed by atoms with Gasteiger partial charge in [-0.25, -0.2) is 0 Å². The summed E-state index contributed by atoms with van der Waals surface area (Å²) in [6, 6.07) is 10.3. The van der Waals surface area contributed by atoms with E-state index in [9.17, 15) is 4.79 Å². The fraction of sp³-hybridized carbons (Fsp3) is 0.524. The van der Waals surface area contributed by atoms with E-state index in [1.54, 1.807) is 0 Å². The third-order valence-corrected chi connectivity index (χ3v) is 5.98. The molecular weight excluding hydrogens is 340 g/mol. The maximum Gasteiger partial charge on any atom is 0.240 e. The Morgan fingerprint density at radius 3 is 2.74 bits per heavy atom. The summed E-state index contributed by atoms with van der Waals surface area (Å²) in [6.45, 7) is 7.00. The number of amides is 1. The van der Waals surface area contributed by atoms with Crippen molar-refractivity contribution in [3.8, 4) is 5.75 Å². The van der Waals surface area contributed by atoms with Crippen LogP contribution in [0.25, 0.3) is 10.9 Å². The van der Waals surface area contributed by atoms with Gasteiger partial charge in [-0.1, -0.05) is 6.07 Å². The number of nitrogens with zero attached hydrogens (tertiary/aromatic N) is 3. The van der Waals surface area contributed by atoms with Gasteiger partial charge >= 0.3 is 0 Å². The van der Waals surface area contributed by atoms with Crippen LogP contribution >= 0.6 is 0 Å². The smallest absolute Gasteiger partial charge is 0.240 e. The Labute approximate surface area is 160 Å². The SMILES string of the molecule is CCOc1ccc2nc(CN3CCC4(CC3)C(=O)NCCN4C)ccc2c1. The molecule has 1 aromatic carbocycles. The highest BCUT2D eigenvalue weighted by molar-refractivity contribution is 5.87. The summed E-state index contributed by atoms with van der Waals surface area (Å²) < 4.78 is 5.57. The van der Waals surface area contributed by atoms with Gasteiger partial charge < -0.3 is 10.1 Å². The number of ether oxygens (including phenoxy) is 1. The first-order chi connectivity index (χ1) is 13.1. The van der Waals surface area contributed by atoms with Crippen molar-refractivity contribution in [1.29, 1.82) is 0 Å². The minimum Gasteiger partial charge on any atom is -0.494 e. The second-order valence-corrected chi connectivity index (χ2v) is 7.58. The molecule has 1 aromatic heterocycles. The lowest BCUT2D eigenvalue weighted by molar-refractivity contribution is -0.140. The Kier molecular flexibility index (Phi) is 5.02. The molecule has 2 aromatic rings. The number of hydrogen-bond donors (Lipinski definition) is 1. The predicted molar refractivity (Wildman–Crippen MR) is 106 cm³/mol. The van der Waals surface area contributed by atoms with Crippen molar-refractivity contribution in [3.05, 3.63) is 36.0 Å². The third-order valence-electron chi connectivity index (χ3n) is 5.98. The standard InChI is InChI=1S/C21H28N4O2/c1-3-27-18-6-7-19-16(14-18)4-5-17(23-19)15-25-11-8-21(9-12-25)20(26)22-10-13-24(21)2/h4-7,14H,3,8-13,15H2,1-2H3,(H,22,26). The van der Waals surface area contributed by atoms with E-state index in [-0.39, 0.29) is 11.4 Å². The highest BCUT2D eigenvalue weighted by Gasteiger charge is 2.46. The molecule has 0 unspecified atom stereocenters. The average Bonchev–Trinajstić information content (AvgIpc) is 2.68. The van der Waals surface area contributed by atoms with Crippen LogP contribution in [0.1, 0.15) is 25.5 Å². The topological polar surface area (TPSA) is 57.7 Å². The van der Waals surface area contributed by atoms with Gasteiger partial charge in [0.25, 0.3) is 0 Å². The van der Waals surface area contributed by atoms with E-state index in [0.29, 0.717) is 6.61 Å². The van der Waals surface area contributed by atoms with E-state index in [0.717, 1.165) is 67.9 Å². The van der Waals surface area contributed by atoms with Crippen molar-refractivity contribution in [2.24, 2.45) is 0 Å². The van der Waals surface area contributed by atoms with E-state index in [1.165, 1.54) is 0 Å². The van der Waals surface area contributed by atoms with Gasteiger partial charge in [0.1, 0.15) is 11.3 Å². The van der Waals surface area contributed by atoms with E-state index in [4.69, 9.17) is 9.72 Å². The predicted octanol–water partition coefficient (Wildman–Crippen LogP) is 2.03.